The number of nitrogens with one attached hydrogen (secondary N) is 4. The van der Waals surface area contributed by atoms with Crippen molar-refractivity contribution in [2.24, 2.45) is 0 Å². The van der Waals surface area contributed by atoms with E-state index >= 15 is 0 Å². The third-order valence-electron chi connectivity index (χ3n) is 7.85. The number of anilines is 1. The topological polar surface area (TPSA) is 81.8 Å². The Morgan fingerprint density at radius 1 is 0.868 bits per heavy atom. The van der Waals surface area contributed by atoms with Gasteiger partial charge in [0, 0.05) is 11.6 Å². The van der Waals surface area contributed by atoms with Gasteiger partial charge in [-0.1, -0.05) is 66.7 Å². The third kappa shape index (κ3) is 5.57. The highest BCUT2D eigenvalue weighted by molar-refractivity contribution is 5.95. The summed E-state index contributed by atoms with van der Waals surface area (Å²) in [5.74, 6) is 1.32. The summed E-state index contributed by atoms with van der Waals surface area (Å²) >= 11 is 0. The minimum Gasteiger partial charge on any atom is -0.341 e. The Kier molecular flexibility index (Phi) is 7.33. The maximum atomic E-state index is 12.5. The van der Waals surface area contributed by atoms with E-state index in [1.54, 1.807) is 0 Å². The molecule has 3 atom stereocenters. The van der Waals surface area contributed by atoms with Crippen LogP contribution in [0.4, 0.5) is 5.69 Å². The number of benzene rings is 3. The van der Waals surface area contributed by atoms with Crippen LogP contribution in [0.15, 0.2) is 85.1 Å². The van der Waals surface area contributed by atoms with Crippen molar-refractivity contribution < 1.29 is 4.79 Å². The van der Waals surface area contributed by atoms with Gasteiger partial charge in [-0.05, 0) is 79.6 Å². The van der Waals surface area contributed by atoms with Gasteiger partial charge >= 0.3 is 0 Å². The van der Waals surface area contributed by atoms with Crippen LogP contribution in [0.5, 0.6) is 0 Å². The minimum atomic E-state index is -0.0761. The van der Waals surface area contributed by atoms with Gasteiger partial charge in [0.25, 0.3) is 0 Å². The summed E-state index contributed by atoms with van der Waals surface area (Å²) in [6.07, 6.45) is 7.12. The van der Waals surface area contributed by atoms with E-state index in [0.717, 1.165) is 61.5 Å². The van der Waals surface area contributed by atoms with Crippen molar-refractivity contribution in [3.63, 3.8) is 0 Å². The number of hydrogen-bond donors (Lipinski definition) is 4. The number of rotatable bonds is 8. The number of imidazole rings is 1. The molecule has 3 heterocycles. The molecule has 6 nitrogen and oxygen atoms in total. The number of carbonyl (C=O) groups is 1. The van der Waals surface area contributed by atoms with Crippen molar-refractivity contribution in [1.29, 1.82) is 0 Å². The monoisotopic (exact) mass is 505 g/mol. The van der Waals surface area contributed by atoms with Crippen molar-refractivity contribution in [1.82, 2.24) is 20.6 Å². The number of aromatic amines is 1. The van der Waals surface area contributed by atoms with E-state index in [0.29, 0.717) is 6.04 Å². The van der Waals surface area contributed by atoms with Gasteiger partial charge in [-0.15, -0.1) is 0 Å². The Balaban J connectivity index is 1.18. The van der Waals surface area contributed by atoms with Crippen molar-refractivity contribution in [2.45, 2.75) is 50.1 Å². The molecular weight excluding hydrogens is 470 g/mol. The summed E-state index contributed by atoms with van der Waals surface area (Å²) in [4.78, 5) is 20.6. The molecule has 0 bridgehead atoms. The number of nitrogens with zero attached hydrogens (tertiary/aromatic N) is 1. The fraction of sp³-hybridized carbons (Fsp3) is 0.312. The Morgan fingerprint density at radius 3 is 2.32 bits per heavy atom. The van der Waals surface area contributed by atoms with Gasteiger partial charge in [0.2, 0.25) is 5.91 Å². The first-order valence-corrected chi connectivity index (χ1v) is 13.8. The van der Waals surface area contributed by atoms with Crippen LogP contribution >= 0.6 is 0 Å². The average Bonchev–Trinajstić information content (AvgIpc) is 3.76. The molecule has 6 rings (SSSR count). The molecule has 6 heteroatoms. The maximum Gasteiger partial charge on any atom is 0.241 e. The highest BCUT2D eigenvalue weighted by Gasteiger charge is 2.22. The molecule has 38 heavy (non-hydrogen) atoms. The second-order valence-electron chi connectivity index (χ2n) is 10.5. The van der Waals surface area contributed by atoms with Crippen LogP contribution in [-0.4, -0.2) is 35.0 Å². The summed E-state index contributed by atoms with van der Waals surface area (Å²) in [6.45, 7) is 1.98. The van der Waals surface area contributed by atoms with E-state index in [9.17, 15) is 4.79 Å². The Bertz CT molecular complexity index is 1330. The van der Waals surface area contributed by atoms with Crippen LogP contribution in [0.25, 0.3) is 11.3 Å². The van der Waals surface area contributed by atoms with Gasteiger partial charge in [0.1, 0.15) is 5.82 Å². The van der Waals surface area contributed by atoms with Crippen LogP contribution in [-0.2, 0) is 11.2 Å². The Hall–Kier alpha value is -3.74. The van der Waals surface area contributed by atoms with Gasteiger partial charge in [-0.2, -0.15) is 0 Å². The van der Waals surface area contributed by atoms with Crippen LogP contribution in [0.1, 0.15) is 60.2 Å². The number of amides is 1. The normalized spacial score (nSPS) is 19.9. The molecule has 0 saturated carbocycles. The van der Waals surface area contributed by atoms with Crippen LogP contribution in [0.3, 0.4) is 0 Å². The number of H-pyrrole nitrogens is 1. The van der Waals surface area contributed by atoms with Crippen LogP contribution in [0.2, 0.25) is 0 Å². The second kappa shape index (κ2) is 11.3. The standard InChI is InChI=1S/C32H35N5O/c38-32(29-9-5-19-34-29)36-26-16-10-22(11-17-26)20-27(23-6-2-1-3-7-23)24-12-14-25(15-13-24)30-21-35-31(37-30)28-8-4-18-33-28/h1-3,6-7,10-17,21,27-29,33-34H,4-5,8-9,18-20H2,(H,35,37)(H,36,38)/t27?,28-,29-/m0/s1. The van der Waals surface area contributed by atoms with Crippen LogP contribution < -0.4 is 16.0 Å². The van der Waals surface area contributed by atoms with Crippen LogP contribution in [0, 0.1) is 0 Å². The first kappa shape index (κ1) is 24.6. The predicted octanol–water partition coefficient (Wildman–Crippen LogP) is 5.57. The molecule has 4 N–H and O–H groups in total. The molecule has 3 aromatic carbocycles. The zero-order valence-corrected chi connectivity index (χ0v) is 21.6. The molecule has 194 valence electrons. The molecule has 2 aliphatic rings. The summed E-state index contributed by atoms with van der Waals surface area (Å²) < 4.78 is 0. The molecule has 2 fully saturated rings. The summed E-state index contributed by atoms with van der Waals surface area (Å²) in [6, 6.07) is 28.1. The van der Waals surface area contributed by atoms with E-state index in [2.05, 4.69) is 92.6 Å². The SMILES string of the molecule is O=C(Nc1ccc(CC(c2ccccc2)c2ccc(-c3cnc([C@@H]4CCCN4)[nH]3)cc2)cc1)[C@@H]1CCCN1. The van der Waals surface area contributed by atoms with E-state index in [1.165, 1.54) is 23.1 Å². The van der Waals surface area contributed by atoms with Gasteiger partial charge in [0.05, 0.1) is 24.0 Å². The largest absolute Gasteiger partial charge is 0.341 e. The fourth-order valence-corrected chi connectivity index (χ4v) is 5.68. The first-order valence-electron chi connectivity index (χ1n) is 13.8. The van der Waals surface area contributed by atoms with E-state index in [-0.39, 0.29) is 17.9 Å². The molecule has 4 aromatic rings. The maximum absolute atomic E-state index is 12.5. The minimum absolute atomic E-state index is 0.0568. The number of hydrogen-bond acceptors (Lipinski definition) is 4. The Labute approximate surface area is 224 Å². The second-order valence-corrected chi connectivity index (χ2v) is 10.5. The molecule has 0 aliphatic carbocycles. The molecule has 1 amide bonds. The molecule has 0 spiro atoms. The molecule has 1 aromatic heterocycles. The highest BCUT2D eigenvalue weighted by atomic mass is 16.2. The summed E-state index contributed by atoms with van der Waals surface area (Å²) in [5, 5.41) is 9.82. The molecule has 2 saturated heterocycles. The first-order chi connectivity index (χ1) is 18.7. The lowest BCUT2D eigenvalue weighted by atomic mass is 9.85. The van der Waals surface area contributed by atoms with Crippen molar-refractivity contribution in [2.75, 3.05) is 18.4 Å². The van der Waals surface area contributed by atoms with Crippen molar-refractivity contribution in [3.05, 3.63) is 108 Å². The highest BCUT2D eigenvalue weighted by Crippen LogP contribution is 2.31. The molecule has 0 radical (unpaired) electrons. The summed E-state index contributed by atoms with van der Waals surface area (Å²) in [7, 11) is 0. The van der Waals surface area contributed by atoms with Crippen molar-refractivity contribution in [3.8, 4) is 11.3 Å². The number of carbonyl (C=O) groups excluding carboxylic acids is 1. The van der Waals surface area contributed by atoms with Gasteiger partial charge < -0.3 is 20.9 Å². The third-order valence-corrected chi connectivity index (χ3v) is 7.85. The smallest absolute Gasteiger partial charge is 0.241 e. The Morgan fingerprint density at radius 2 is 1.61 bits per heavy atom. The quantitative estimate of drug-likeness (QED) is 0.253. The average molecular weight is 506 g/mol. The fourth-order valence-electron chi connectivity index (χ4n) is 5.68. The van der Waals surface area contributed by atoms with Crippen molar-refractivity contribution >= 4 is 11.6 Å². The van der Waals surface area contributed by atoms with E-state index in [4.69, 9.17) is 0 Å². The van der Waals surface area contributed by atoms with Gasteiger partial charge in [-0.3, -0.25) is 4.79 Å². The molecular formula is C32H35N5O. The zero-order valence-electron chi connectivity index (χ0n) is 21.6. The lowest BCUT2D eigenvalue weighted by Gasteiger charge is -2.19. The lowest BCUT2D eigenvalue weighted by molar-refractivity contribution is -0.117. The summed E-state index contributed by atoms with van der Waals surface area (Å²) in [5.41, 5.74) is 6.86. The predicted molar refractivity (Wildman–Crippen MR) is 152 cm³/mol. The van der Waals surface area contributed by atoms with Gasteiger partial charge in [-0.25, -0.2) is 4.98 Å². The molecule has 2 aliphatic heterocycles. The lowest BCUT2D eigenvalue weighted by Crippen LogP contribution is -2.35. The zero-order chi connectivity index (χ0) is 25.7. The van der Waals surface area contributed by atoms with Gasteiger partial charge in [0.15, 0.2) is 0 Å². The van der Waals surface area contributed by atoms with E-state index < -0.39 is 0 Å². The van der Waals surface area contributed by atoms with E-state index in [1.807, 2.05) is 18.3 Å². The molecule has 1 unspecified atom stereocenters. The number of aromatic nitrogens is 2.